The molecule has 1 unspecified atom stereocenters. The Kier molecular flexibility index (Phi) is 1.84. The van der Waals surface area contributed by atoms with E-state index in [1.165, 1.54) is 0 Å². The lowest BCUT2D eigenvalue weighted by molar-refractivity contribution is -0.118. The second kappa shape index (κ2) is 2.90. The fourth-order valence-electron chi connectivity index (χ4n) is 1.67. The average Bonchev–Trinajstić information content (AvgIpc) is 2.14. The maximum absolute atomic E-state index is 11.6. The van der Waals surface area contributed by atoms with E-state index in [2.05, 4.69) is 5.32 Å². The summed E-state index contributed by atoms with van der Waals surface area (Å²) in [5.41, 5.74) is 8.16. The number of carbonyl (C=O) groups is 1. The van der Waals surface area contributed by atoms with Crippen LogP contribution in [0.25, 0.3) is 0 Å². The second-order valence-corrected chi connectivity index (χ2v) is 3.54. The molecule has 0 saturated carbocycles. The summed E-state index contributed by atoms with van der Waals surface area (Å²) in [6, 6.07) is 5.30. The van der Waals surface area contributed by atoms with Crippen LogP contribution in [0.2, 0.25) is 0 Å². The van der Waals surface area contributed by atoms with E-state index in [1.807, 2.05) is 19.1 Å². The Hall–Kier alpha value is -1.71. The summed E-state index contributed by atoms with van der Waals surface area (Å²) in [4.78, 5) is 13.3. The highest BCUT2D eigenvalue weighted by atomic mass is 16.2. The Bertz CT molecular complexity index is 389. The van der Waals surface area contributed by atoms with Crippen molar-refractivity contribution in [2.45, 2.75) is 13.0 Å². The average molecular weight is 191 g/mol. The highest BCUT2D eigenvalue weighted by Gasteiger charge is 2.26. The molecule has 1 amide bonds. The highest BCUT2D eigenvalue weighted by molar-refractivity contribution is 6.04. The van der Waals surface area contributed by atoms with Crippen LogP contribution >= 0.6 is 0 Å². The summed E-state index contributed by atoms with van der Waals surface area (Å²) in [5, 5.41) is 3.11. The van der Waals surface area contributed by atoms with Gasteiger partial charge in [0.2, 0.25) is 5.91 Å². The van der Waals surface area contributed by atoms with Gasteiger partial charge in [-0.3, -0.25) is 4.79 Å². The molecule has 0 radical (unpaired) electrons. The van der Waals surface area contributed by atoms with Gasteiger partial charge in [0.15, 0.2) is 0 Å². The van der Waals surface area contributed by atoms with Gasteiger partial charge in [0.05, 0.1) is 11.4 Å². The molecule has 0 bridgehead atoms. The van der Waals surface area contributed by atoms with E-state index < -0.39 is 0 Å². The van der Waals surface area contributed by atoms with Crippen LogP contribution in [0, 0.1) is 0 Å². The van der Waals surface area contributed by atoms with Crippen LogP contribution < -0.4 is 16.0 Å². The van der Waals surface area contributed by atoms with Crippen LogP contribution in [0.1, 0.15) is 6.92 Å². The van der Waals surface area contributed by atoms with Crippen molar-refractivity contribution >= 4 is 23.0 Å². The van der Waals surface area contributed by atoms with E-state index in [0.29, 0.717) is 5.69 Å². The molecule has 0 spiro atoms. The molecule has 1 aliphatic heterocycles. The molecule has 4 nitrogen and oxygen atoms in total. The van der Waals surface area contributed by atoms with Gasteiger partial charge in [-0.05, 0) is 25.1 Å². The molecule has 0 aromatic heterocycles. The summed E-state index contributed by atoms with van der Waals surface area (Å²) in [6.45, 7) is 1.84. The van der Waals surface area contributed by atoms with Crippen LogP contribution in [-0.2, 0) is 4.79 Å². The summed E-state index contributed by atoms with van der Waals surface area (Å²) in [6.07, 6.45) is 0. The number of likely N-dealkylation sites (N-methyl/N-ethyl adjacent to an activating group) is 1. The number of amides is 1. The first-order valence-electron chi connectivity index (χ1n) is 4.53. The number of anilines is 3. The smallest absolute Gasteiger partial charge is 0.248 e. The molecule has 3 N–H and O–H groups in total. The summed E-state index contributed by atoms with van der Waals surface area (Å²) < 4.78 is 0. The van der Waals surface area contributed by atoms with Gasteiger partial charge in [0.25, 0.3) is 0 Å². The van der Waals surface area contributed by atoms with E-state index in [1.54, 1.807) is 18.0 Å². The number of nitrogens with zero attached hydrogens (tertiary/aromatic N) is 1. The van der Waals surface area contributed by atoms with E-state index in [9.17, 15) is 4.79 Å². The van der Waals surface area contributed by atoms with Gasteiger partial charge in [-0.1, -0.05) is 0 Å². The number of carbonyl (C=O) groups excluding carboxylic acids is 1. The molecule has 2 rings (SSSR count). The number of nitrogen functional groups attached to an aromatic ring is 1. The van der Waals surface area contributed by atoms with E-state index in [4.69, 9.17) is 5.73 Å². The van der Waals surface area contributed by atoms with Crippen molar-refractivity contribution in [3.63, 3.8) is 0 Å². The lowest BCUT2D eigenvalue weighted by Gasteiger charge is -2.31. The van der Waals surface area contributed by atoms with E-state index in [0.717, 1.165) is 11.4 Å². The van der Waals surface area contributed by atoms with E-state index in [-0.39, 0.29) is 11.9 Å². The SMILES string of the molecule is CC1Nc2cc(N)ccc2N(C)C1=O. The van der Waals surface area contributed by atoms with Gasteiger partial charge >= 0.3 is 0 Å². The molecule has 0 aliphatic carbocycles. The van der Waals surface area contributed by atoms with Crippen LogP contribution in [0.5, 0.6) is 0 Å². The first kappa shape index (κ1) is 8.87. The largest absolute Gasteiger partial charge is 0.399 e. The minimum absolute atomic E-state index is 0.0715. The summed E-state index contributed by atoms with van der Waals surface area (Å²) >= 11 is 0. The Balaban J connectivity index is 2.50. The predicted octanol–water partition coefficient (Wildman–Crippen LogP) is 1.05. The molecule has 4 heteroatoms. The summed E-state index contributed by atoms with van der Waals surface area (Å²) in [5.74, 6) is 0.0715. The van der Waals surface area contributed by atoms with Gasteiger partial charge < -0.3 is 16.0 Å². The molecule has 1 atom stereocenters. The van der Waals surface area contributed by atoms with Gasteiger partial charge in [-0.25, -0.2) is 0 Å². The Morgan fingerprint density at radius 1 is 1.50 bits per heavy atom. The number of hydrogen-bond donors (Lipinski definition) is 2. The van der Waals surface area contributed by atoms with Gasteiger partial charge in [-0.2, -0.15) is 0 Å². The van der Waals surface area contributed by atoms with Gasteiger partial charge in [-0.15, -0.1) is 0 Å². The zero-order chi connectivity index (χ0) is 10.3. The van der Waals surface area contributed by atoms with Crippen molar-refractivity contribution in [1.29, 1.82) is 0 Å². The summed E-state index contributed by atoms with van der Waals surface area (Å²) in [7, 11) is 1.77. The van der Waals surface area contributed by atoms with Crippen molar-refractivity contribution in [1.82, 2.24) is 0 Å². The van der Waals surface area contributed by atoms with Crippen LogP contribution in [-0.4, -0.2) is 19.0 Å². The Morgan fingerprint density at radius 3 is 2.93 bits per heavy atom. The molecule has 0 saturated heterocycles. The number of fused-ring (bicyclic) bond motifs is 1. The van der Waals surface area contributed by atoms with Crippen molar-refractivity contribution < 1.29 is 4.79 Å². The number of benzene rings is 1. The van der Waals surface area contributed by atoms with Gasteiger partial charge in [0.1, 0.15) is 6.04 Å². The minimum Gasteiger partial charge on any atom is -0.399 e. The third kappa shape index (κ3) is 1.19. The lowest BCUT2D eigenvalue weighted by atomic mass is 10.1. The third-order valence-corrected chi connectivity index (χ3v) is 2.45. The molecule has 1 heterocycles. The molecule has 1 aliphatic rings. The molecule has 1 aromatic carbocycles. The monoisotopic (exact) mass is 191 g/mol. The number of nitrogens with one attached hydrogen (secondary N) is 1. The molecular formula is C10H13N3O. The Morgan fingerprint density at radius 2 is 2.21 bits per heavy atom. The van der Waals surface area contributed by atoms with Crippen LogP contribution in [0.3, 0.4) is 0 Å². The van der Waals surface area contributed by atoms with Crippen molar-refractivity contribution in [2.24, 2.45) is 0 Å². The zero-order valence-electron chi connectivity index (χ0n) is 8.24. The normalized spacial score (nSPS) is 20.3. The van der Waals surface area contributed by atoms with Crippen LogP contribution in [0.15, 0.2) is 18.2 Å². The first-order valence-corrected chi connectivity index (χ1v) is 4.53. The Labute approximate surface area is 82.7 Å². The van der Waals surface area contributed by atoms with Crippen molar-refractivity contribution in [2.75, 3.05) is 23.0 Å². The third-order valence-electron chi connectivity index (χ3n) is 2.45. The van der Waals surface area contributed by atoms with Gasteiger partial charge in [0, 0.05) is 12.7 Å². The number of nitrogens with two attached hydrogens (primary N) is 1. The lowest BCUT2D eigenvalue weighted by Crippen LogP contribution is -2.43. The molecule has 14 heavy (non-hydrogen) atoms. The zero-order valence-corrected chi connectivity index (χ0v) is 8.24. The quantitative estimate of drug-likeness (QED) is 0.602. The first-order chi connectivity index (χ1) is 6.59. The standard InChI is InChI=1S/C10H13N3O/c1-6-10(14)13(2)9-4-3-7(11)5-8(9)12-6/h3-6,12H,11H2,1-2H3. The molecule has 74 valence electrons. The fourth-order valence-corrected chi connectivity index (χ4v) is 1.67. The number of hydrogen-bond acceptors (Lipinski definition) is 3. The van der Waals surface area contributed by atoms with Crippen molar-refractivity contribution in [3.05, 3.63) is 18.2 Å². The number of rotatable bonds is 0. The maximum atomic E-state index is 11.6. The predicted molar refractivity (Wildman–Crippen MR) is 57.3 cm³/mol. The molecular weight excluding hydrogens is 178 g/mol. The minimum atomic E-state index is -0.186. The topological polar surface area (TPSA) is 58.4 Å². The van der Waals surface area contributed by atoms with Crippen molar-refractivity contribution in [3.8, 4) is 0 Å². The van der Waals surface area contributed by atoms with E-state index >= 15 is 0 Å². The maximum Gasteiger partial charge on any atom is 0.248 e. The molecule has 0 fully saturated rings. The molecule has 1 aromatic rings. The fraction of sp³-hybridized carbons (Fsp3) is 0.300. The van der Waals surface area contributed by atoms with Crippen LogP contribution in [0.4, 0.5) is 17.1 Å². The second-order valence-electron chi connectivity index (χ2n) is 3.54. The highest BCUT2D eigenvalue weighted by Crippen LogP contribution is 2.31.